The lowest BCUT2D eigenvalue weighted by Crippen LogP contribution is -2.37. The number of nitrogens with zero attached hydrogens (tertiary/aromatic N) is 2. The number of rotatable bonds is 2. The number of nitrogens with one attached hydrogen (secondary N) is 1. The van der Waals surface area contributed by atoms with Gasteiger partial charge in [0.15, 0.2) is 0 Å². The van der Waals surface area contributed by atoms with Crippen LogP contribution in [0.5, 0.6) is 0 Å². The van der Waals surface area contributed by atoms with Crippen LogP contribution in [0, 0.1) is 0 Å². The Morgan fingerprint density at radius 2 is 2.26 bits per heavy atom. The highest BCUT2D eigenvalue weighted by Gasteiger charge is 2.15. The van der Waals surface area contributed by atoms with Gasteiger partial charge in [-0.15, -0.1) is 0 Å². The minimum atomic E-state index is -0.268. The van der Waals surface area contributed by atoms with Crippen LogP contribution in [0.25, 0.3) is 6.08 Å². The van der Waals surface area contributed by atoms with E-state index in [1.807, 2.05) is 6.21 Å². The molecule has 0 radical (unpaired) electrons. The second-order valence-electron chi connectivity index (χ2n) is 4.65. The Kier molecular flexibility index (Phi) is 2.95. The van der Waals surface area contributed by atoms with Crippen molar-refractivity contribution >= 4 is 24.1 Å². The van der Waals surface area contributed by atoms with E-state index in [4.69, 9.17) is 0 Å². The second kappa shape index (κ2) is 4.76. The average Bonchev–Trinajstić information content (AvgIpc) is 2.78. The van der Waals surface area contributed by atoms with Crippen molar-refractivity contribution in [3.63, 3.8) is 0 Å². The minimum absolute atomic E-state index is 0.115. The maximum absolute atomic E-state index is 12.1. The van der Waals surface area contributed by atoms with Crippen LogP contribution in [-0.2, 0) is 4.79 Å². The summed E-state index contributed by atoms with van der Waals surface area (Å²) in [5, 5.41) is 4.32. The van der Waals surface area contributed by atoms with Crippen molar-refractivity contribution < 1.29 is 9.59 Å². The molecule has 1 aromatic carbocycles. The Balaban J connectivity index is 1.80. The lowest BCUT2D eigenvalue weighted by Gasteiger charge is -2.18. The van der Waals surface area contributed by atoms with Gasteiger partial charge in [0.05, 0.1) is 5.36 Å². The van der Waals surface area contributed by atoms with Crippen LogP contribution in [0.1, 0.15) is 23.2 Å². The lowest BCUT2D eigenvalue weighted by molar-refractivity contribution is -0.112. The maximum atomic E-state index is 12.1. The molecule has 0 spiro atoms. The van der Waals surface area contributed by atoms with E-state index in [1.54, 1.807) is 18.2 Å². The van der Waals surface area contributed by atoms with E-state index in [-0.39, 0.29) is 17.9 Å². The van der Waals surface area contributed by atoms with Crippen molar-refractivity contribution in [2.45, 2.75) is 18.9 Å². The van der Waals surface area contributed by atoms with E-state index in [2.05, 4.69) is 15.3 Å². The normalized spacial score (nSPS) is 20.4. The molecule has 0 saturated heterocycles. The smallest absolute Gasteiger partial charge is 0.270 e. The monoisotopic (exact) mass is 255 g/mol. The predicted molar refractivity (Wildman–Crippen MR) is 70.5 cm³/mol. The number of hydrogen-bond acceptors (Lipinski definition) is 3. The van der Waals surface area contributed by atoms with Crippen molar-refractivity contribution in [2.24, 2.45) is 9.98 Å². The molecule has 2 amide bonds. The van der Waals surface area contributed by atoms with Gasteiger partial charge in [-0.3, -0.25) is 14.6 Å². The summed E-state index contributed by atoms with van der Waals surface area (Å²) < 4.78 is 0. The number of fused-ring (bicyclic) bond motifs is 1. The molecule has 1 N–H and O–H groups in total. The van der Waals surface area contributed by atoms with Crippen LogP contribution < -0.4 is 15.9 Å². The van der Waals surface area contributed by atoms with Crippen LogP contribution in [-0.4, -0.2) is 30.6 Å². The van der Waals surface area contributed by atoms with Crippen molar-refractivity contribution in [3.05, 3.63) is 34.3 Å². The Morgan fingerprint density at radius 1 is 1.37 bits per heavy atom. The van der Waals surface area contributed by atoms with Gasteiger partial charge in [0.25, 0.3) is 11.8 Å². The number of amides is 2. The standard InChI is InChI=1S/C14H13N3O2/c18-13-8-10-7-9(1-2-12(10)17-13)14(19)16-11-3-5-15-6-4-11/h1-2,5,7-8,11H,3-4,6H2,(H,16,19)/t11-/m1/s1. The molecular weight excluding hydrogens is 242 g/mol. The highest BCUT2D eigenvalue weighted by Crippen LogP contribution is 2.04. The Morgan fingerprint density at radius 3 is 3.05 bits per heavy atom. The third kappa shape index (κ3) is 2.45. The topological polar surface area (TPSA) is 70.9 Å². The molecule has 1 aromatic rings. The molecule has 0 saturated carbocycles. The zero-order chi connectivity index (χ0) is 13.2. The molecule has 5 heteroatoms. The first-order valence-corrected chi connectivity index (χ1v) is 6.26. The Hall–Kier alpha value is -2.30. The third-order valence-electron chi connectivity index (χ3n) is 3.26. The quantitative estimate of drug-likeness (QED) is 0.780. The van der Waals surface area contributed by atoms with Gasteiger partial charge in [0.1, 0.15) is 0 Å². The fourth-order valence-corrected chi connectivity index (χ4v) is 2.24. The zero-order valence-corrected chi connectivity index (χ0v) is 10.3. The van der Waals surface area contributed by atoms with Crippen LogP contribution >= 0.6 is 0 Å². The van der Waals surface area contributed by atoms with Gasteiger partial charge in [-0.25, -0.2) is 4.99 Å². The fourth-order valence-electron chi connectivity index (χ4n) is 2.24. The summed E-state index contributed by atoms with van der Waals surface area (Å²) in [5.41, 5.74) is 0.558. The summed E-state index contributed by atoms with van der Waals surface area (Å²) in [4.78, 5) is 31.2. The van der Waals surface area contributed by atoms with Gasteiger partial charge in [-0.2, -0.15) is 0 Å². The molecule has 2 heterocycles. The van der Waals surface area contributed by atoms with Crippen LogP contribution in [0.15, 0.2) is 28.2 Å². The average molecular weight is 255 g/mol. The molecule has 0 aliphatic carbocycles. The van der Waals surface area contributed by atoms with Crippen molar-refractivity contribution in [1.29, 1.82) is 0 Å². The number of aliphatic imine (C=N–C) groups is 1. The van der Waals surface area contributed by atoms with E-state index in [1.165, 1.54) is 6.08 Å². The van der Waals surface area contributed by atoms with Crippen molar-refractivity contribution in [2.75, 3.05) is 6.54 Å². The molecule has 0 bridgehead atoms. The van der Waals surface area contributed by atoms with E-state index < -0.39 is 0 Å². The first kappa shape index (κ1) is 11.8. The van der Waals surface area contributed by atoms with Crippen LogP contribution in [0.4, 0.5) is 0 Å². The molecule has 0 unspecified atom stereocenters. The van der Waals surface area contributed by atoms with E-state index >= 15 is 0 Å². The largest absolute Gasteiger partial charge is 0.349 e. The van der Waals surface area contributed by atoms with Crippen molar-refractivity contribution in [1.82, 2.24) is 5.32 Å². The van der Waals surface area contributed by atoms with Crippen LogP contribution in [0.3, 0.4) is 0 Å². The number of benzene rings is 1. The SMILES string of the molecule is O=C1C=c2cc(C(=O)N[C@@H]3CC=NCC3)ccc2=N1. The molecule has 0 fully saturated rings. The van der Waals surface area contributed by atoms with Gasteiger partial charge >= 0.3 is 0 Å². The summed E-state index contributed by atoms with van der Waals surface area (Å²) >= 11 is 0. The number of carbonyl (C=O) groups excluding carboxylic acids is 2. The first-order chi connectivity index (χ1) is 9.22. The third-order valence-corrected chi connectivity index (χ3v) is 3.26. The van der Waals surface area contributed by atoms with E-state index in [0.717, 1.165) is 19.4 Å². The van der Waals surface area contributed by atoms with Gasteiger partial charge in [-0.05, 0) is 24.6 Å². The summed E-state index contributed by atoms with van der Waals surface area (Å²) in [7, 11) is 0. The first-order valence-electron chi connectivity index (χ1n) is 6.26. The summed E-state index contributed by atoms with van der Waals surface area (Å²) in [6.07, 6.45) is 4.94. The predicted octanol–water partition coefficient (Wildman–Crippen LogP) is -0.410. The highest BCUT2D eigenvalue weighted by atomic mass is 16.2. The zero-order valence-electron chi connectivity index (χ0n) is 10.3. The van der Waals surface area contributed by atoms with Gasteiger partial charge in [0.2, 0.25) is 0 Å². The van der Waals surface area contributed by atoms with Crippen LogP contribution in [0.2, 0.25) is 0 Å². The molecule has 0 aromatic heterocycles. The number of hydrogen-bond donors (Lipinski definition) is 1. The minimum Gasteiger partial charge on any atom is -0.349 e. The molecule has 5 nitrogen and oxygen atoms in total. The van der Waals surface area contributed by atoms with Gasteiger partial charge in [0, 0.05) is 42.1 Å². The maximum Gasteiger partial charge on any atom is 0.270 e. The second-order valence-corrected chi connectivity index (χ2v) is 4.65. The van der Waals surface area contributed by atoms with E-state index in [0.29, 0.717) is 16.1 Å². The highest BCUT2D eigenvalue weighted by molar-refractivity contribution is 6.06. The Labute approximate surface area is 109 Å². The molecule has 2 aliphatic heterocycles. The molecule has 2 aliphatic rings. The van der Waals surface area contributed by atoms with Gasteiger partial charge < -0.3 is 5.32 Å². The Bertz CT molecular complexity index is 691. The summed E-state index contributed by atoms with van der Waals surface area (Å²) in [5.74, 6) is -0.383. The lowest BCUT2D eigenvalue weighted by atomic mass is 10.1. The summed E-state index contributed by atoms with van der Waals surface area (Å²) in [6, 6.07) is 5.25. The fraction of sp³-hybridized carbons (Fsp3) is 0.286. The molecule has 1 atom stereocenters. The summed E-state index contributed by atoms with van der Waals surface area (Å²) in [6.45, 7) is 0.760. The molecule has 3 rings (SSSR count). The number of carbonyl (C=O) groups is 2. The molecular formula is C14H13N3O2. The molecule has 96 valence electrons. The van der Waals surface area contributed by atoms with Gasteiger partial charge in [-0.1, -0.05) is 0 Å². The van der Waals surface area contributed by atoms with E-state index in [9.17, 15) is 9.59 Å². The molecule has 19 heavy (non-hydrogen) atoms. The van der Waals surface area contributed by atoms with Crippen molar-refractivity contribution in [3.8, 4) is 0 Å².